The standard InChI is InChI=1S/C22H30N2O4/c1-17-7-3-5-9-19(17)24(20-10-6-4-8-18(20)2)22(27)11-13-23-21(26)12-15-28-16-14-25/h3-10,22,25,27H,11-16H2,1-2H3,(H,23,26). The van der Waals surface area contributed by atoms with E-state index in [2.05, 4.69) is 5.32 Å². The summed E-state index contributed by atoms with van der Waals surface area (Å²) in [5.41, 5.74) is 4.01. The van der Waals surface area contributed by atoms with Gasteiger partial charge in [0.1, 0.15) is 6.23 Å². The maximum Gasteiger partial charge on any atom is 0.222 e. The SMILES string of the molecule is Cc1ccccc1N(c1ccccc1C)C(O)CCNC(=O)CCOCCO. The van der Waals surface area contributed by atoms with E-state index in [1.54, 1.807) is 0 Å². The van der Waals surface area contributed by atoms with Crippen LogP contribution in [0.5, 0.6) is 0 Å². The molecule has 2 aromatic carbocycles. The molecule has 0 saturated carbocycles. The fourth-order valence-corrected chi connectivity index (χ4v) is 3.01. The lowest BCUT2D eigenvalue weighted by molar-refractivity contribution is -0.122. The zero-order chi connectivity index (χ0) is 20.4. The smallest absolute Gasteiger partial charge is 0.222 e. The molecule has 2 rings (SSSR count). The molecule has 0 saturated heterocycles. The largest absolute Gasteiger partial charge is 0.394 e. The Bertz CT molecular complexity index is 705. The average Bonchev–Trinajstić information content (AvgIpc) is 2.68. The van der Waals surface area contributed by atoms with Crippen LogP contribution in [0, 0.1) is 13.8 Å². The third kappa shape index (κ3) is 6.34. The molecule has 0 aliphatic heterocycles. The molecule has 0 radical (unpaired) electrons. The molecule has 1 unspecified atom stereocenters. The summed E-state index contributed by atoms with van der Waals surface area (Å²) in [6.07, 6.45) is -0.172. The predicted octanol–water partition coefficient (Wildman–Crippen LogP) is 2.67. The van der Waals surface area contributed by atoms with Gasteiger partial charge in [-0.1, -0.05) is 36.4 Å². The minimum absolute atomic E-state index is 0.0541. The van der Waals surface area contributed by atoms with E-state index in [-0.39, 0.29) is 32.1 Å². The van der Waals surface area contributed by atoms with E-state index in [4.69, 9.17) is 9.84 Å². The van der Waals surface area contributed by atoms with Crippen molar-refractivity contribution >= 4 is 17.3 Å². The molecule has 6 nitrogen and oxygen atoms in total. The predicted molar refractivity (Wildman–Crippen MR) is 111 cm³/mol. The van der Waals surface area contributed by atoms with Crippen LogP contribution in [-0.4, -0.2) is 48.7 Å². The first-order chi connectivity index (χ1) is 13.5. The van der Waals surface area contributed by atoms with Gasteiger partial charge in [-0.05, 0) is 37.1 Å². The minimum atomic E-state index is -0.784. The number of hydrogen-bond donors (Lipinski definition) is 3. The molecular weight excluding hydrogens is 356 g/mol. The van der Waals surface area contributed by atoms with Crippen LogP contribution in [0.25, 0.3) is 0 Å². The molecule has 6 heteroatoms. The topological polar surface area (TPSA) is 82.0 Å². The molecule has 0 aliphatic rings. The molecule has 0 aromatic heterocycles. The number of para-hydroxylation sites is 2. The Morgan fingerprint density at radius 3 is 2.14 bits per heavy atom. The third-order valence-electron chi connectivity index (χ3n) is 4.48. The number of carbonyl (C=O) groups is 1. The molecule has 2 aromatic rings. The van der Waals surface area contributed by atoms with E-state index in [9.17, 15) is 9.90 Å². The Morgan fingerprint density at radius 1 is 1.04 bits per heavy atom. The molecule has 3 N–H and O–H groups in total. The lowest BCUT2D eigenvalue weighted by atomic mass is 10.1. The highest BCUT2D eigenvalue weighted by atomic mass is 16.5. The first-order valence-corrected chi connectivity index (χ1v) is 9.58. The van der Waals surface area contributed by atoms with Crippen molar-refractivity contribution in [3.63, 3.8) is 0 Å². The highest BCUT2D eigenvalue weighted by Gasteiger charge is 2.21. The fraction of sp³-hybridized carbons (Fsp3) is 0.409. The van der Waals surface area contributed by atoms with Crippen LogP contribution in [-0.2, 0) is 9.53 Å². The number of anilines is 2. The number of benzene rings is 2. The summed E-state index contributed by atoms with van der Waals surface area (Å²) >= 11 is 0. The van der Waals surface area contributed by atoms with Crippen molar-refractivity contribution in [2.75, 3.05) is 31.3 Å². The highest BCUT2D eigenvalue weighted by molar-refractivity contribution is 5.76. The molecule has 0 spiro atoms. The van der Waals surface area contributed by atoms with E-state index in [0.717, 1.165) is 22.5 Å². The van der Waals surface area contributed by atoms with E-state index in [1.165, 1.54) is 0 Å². The summed E-state index contributed by atoms with van der Waals surface area (Å²) in [5.74, 6) is -0.136. The van der Waals surface area contributed by atoms with E-state index in [1.807, 2.05) is 67.3 Å². The number of aryl methyl sites for hydroxylation is 2. The fourth-order valence-electron chi connectivity index (χ4n) is 3.01. The lowest BCUT2D eigenvalue weighted by Gasteiger charge is -2.32. The Kier molecular flexibility index (Phi) is 8.94. The van der Waals surface area contributed by atoms with Gasteiger partial charge in [-0.25, -0.2) is 0 Å². The second-order valence-electron chi connectivity index (χ2n) is 6.65. The molecule has 28 heavy (non-hydrogen) atoms. The molecular formula is C22H30N2O4. The van der Waals surface area contributed by atoms with Crippen molar-refractivity contribution < 1.29 is 19.7 Å². The van der Waals surface area contributed by atoms with E-state index >= 15 is 0 Å². The highest BCUT2D eigenvalue weighted by Crippen LogP contribution is 2.32. The lowest BCUT2D eigenvalue weighted by Crippen LogP contribution is -2.36. The van der Waals surface area contributed by atoms with E-state index < -0.39 is 6.23 Å². The van der Waals surface area contributed by atoms with Crippen LogP contribution in [0.15, 0.2) is 48.5 Å². The molecule has 0 fully saturated rings. The summed E-state index contributed by atoms with van der Waals surface area (Å²) in [7, 11) is 0. The zero-order valence-corrected chi connectivity index (χ0v) is 16.6. The Labute approximate surface area is 166 Å². The normalized spacial score (nSPS) is 11.9. The molecule has 1 atom stereocenters. The summed E-state index contributed by atoms with van der Waals surface area (Å²) in [6.45, 7) is 4.83. The van der Waals surface area contributed by atoms with Crippen molar-refractivity contribution in [3.8, 4) is 0 Å². The van der Waals surface area contributed by atoms with Gasteiger partial charge in [0.05, 0.1) is 19.8 Å². The first kappa shape index (κ1) is 21.9. The van der Waals surface area contributed by atoms with Crippen molar-refractivity contribution in [2.24, 2.45) is 0 Å². The van der Waals surface area contributed by atoms with Crippen molar-refractivity contribution in [2.45, 2.75) is 32.9 Å². The van der Waals surface area contributed by atoms with Gasteiger partial charge in [0.25, 0.3) is 0 Å². The van der Waals surface area contributed by atoms with Gasteiger partial charge in [-0.2, -0.15) is 0 Å². The van der Waals surface area contributed by atoms with Gasteiger partial charge in [0, 0.05) is 30.8 Å². The monoisotopic (exact) mass is 386 g/mol. The van der Waals surface area contributed by atoms with Crippen LogP contribution in [0.3, 0.4) is 0 Å². The second-order valence-corrected chi connectivity index (χ2v) is 6.65. The third-order valence-corrected chi connectivity index (χ3v) is 4.48. The number of rotatable bonds is 11. The maximum absolute atomic E-state index is 11.9. The van der Waals surface area contributed by atoms with Crippen molar-refractivity contribution in [3.05, 3.63) is 59.7 Å². The van der Waals surface area contributed by atoms with Gasteiger partial charge in [0.15, 0.2) is 0 Å². The Balaban J connectivity index is 2.03. The summed E-state index contributed by atoms with van der Waals surface area (Å²) in [4.78, 5) is 13.8. The first-order valence-electron chi connectivity index (χ1n) is 9.58. The number of hydrogen-bond acceptors (Lipinski definition) is 5. The summed E-state index contributed by atoms with van der Waals surface area (Å²) in [5, 5.41) is 22.4. The van der Waals surface area contributed by atoms with Gasteiger partial charge in [-0.15, -0.1) is 0 Å². The van der Waals surface area contributed by atoms with Gasteiger partial charge in [-0.3, -0.25) is 4.79 Å². The number of aliphatic hydroxyl groups is 2. The van der Waals surface area contributed by atoms with Gasteiger partial charge in [0.2, 0.25) is 5.91 Å². The number of amides is 1. The molecule has 0 heterocycles. The van der Waals surface area contributed by atoms with Gasteiger partial charge >= 0.3 is 0 Å². The quantitative estimate of drug-likeness (QED) is 0.409. The Hall–Kier alpha value is -2.41. The molecule has 0 bridgehead atoms. The van der Waals surface area contributed by atoms with E-state index in [0.29, 0.717) is 13.0 Å². The number of aliphatic hydroxyl groups excluding tert-OH is 2. The van der Waals surface area contributed by atoms with Crippen LogP contribution in [0.1, 0.15) is 24.0 Å². The summed E-state index contributed by atoms with van der Waals surface area (Å²) < 4.78 is 5.09. The number of nitrogens with one attached hydrogen (secondary N) is 1. The maximum atomic E-state index is 11.9. The zero-order valence-electron chi connectivity index (χ0n) is 16.6. The van der Waals surface area contributed by atoms with Crippen LogP contribution in [0.4, 0.5) is 11.4 Å². The number of nitrogens with zero attached hydrogens (tertiary/aromatic N) is 1. The van der Waals surface area contributed by atoms with Gasteiger partial charge < -0.3 is 25.2 Å². The van der Waals surface area contributed by atoms with Crippen LogP contribution >= 0.6 is 0 Å². The van der Waals surface area contributed by atoms with Crippen LogP contribution < -0.4 is 10.2 Å². The number of carbonyl (C=O) groups excluding carboxylic acids is 1. The second kappa shape index (κ2) is 11.4. The summed E-state index contributed by atoms with van der Waals surface area (Å²) in [6, 6.07) is 15.9. The number of ether oxygens (including phenoxy) is 1. The minimum Gasteiger partial charge on any atom is -0.394 e. The molecule has 1 amide bonds. The van der Waals surface area contributed by atoms with Crippen molar-refractivity contribution in [1.82, 2.24) is 5.32 Å². The average molecular weight is 386 g/mol. The Morgan fingerprint density at radius 2 is 1.61 bits per heavy atom. The van der Waals surface area contributed by atoms with Crippen LogP contribution in [0.2, 0.25) is 0 Å². The van der Waals surface area contributed by atoms with Crippen molar-refractivity contribution in [1.29, 1.82) is 0 Å². The molecule has 0 aliphatic carbocycles. The molecule has 152 valence electrons.